The Hall–Kier alpha value is -0.0400. The molecule has 0 aromatic heterocycles. The molecule has 0 saturated carbocycles. The highest BCUT2D eigenvalue weighted by molar-refractivity contribution is 14.0. The summed E-state index contributed by atoms with van der Waals surface area (Å²) in [6.07, 6.45) is 11.9. The highest BCUT2D eigenvalue weighted by Crippen LogP contribution is 2.08. The van der Waals surface area contributed by atoms with Crippen LogP contribution in [0.2, 0.25) is 0 Å². The van der Waals surface area contributed by atoms with E-state index in [1.807, 2.05) is 7.05 Å². The van der Waals surface area contributed by atoms with Gasteiger partial charge in [-0.1, -0.05) is 32.6 Å². The Morgan fingerprint density at radius 2 is 1.83 bits per heavy atom. The average molecular weight is 438 g/mol. The fourth-order valence-corrected chi connectivity index (χ4v) is 3.05. The molecule has 5 heteroatoms. The summed E-state index contributed by atoms with van der Waals surface area (Å²) in [4.78, 5) is 6.92. The zero-order valence-corrected chi connectivity index (χ0v) is 17.9. The maximum atomic E-state index is 4.33. The Balaban J connectivity index is 0.00000484. The van der Waals surface area contributed by atoms with Crippen LogP contribution in [0.3, 0.4) is 0 Å². The summed E-state index contributed by atoms with van der Waals surface area (Å²) in [6.45, 7) is 9.43. The summed E-state index contributed by atoms with van der Waals surface area (Å²) in [6, 6.07) is 0.507. The molecule has 1 heterocycles. The van der Waals surface area contributed by atoms with Crippen molar-refractivity contribution in [1.82, 2.24) is 15.5 Å². The second-order valence-electron chi connectivity index (χ2n) is 6.65. The van der Waals surface area contributed by atoms with E-state index < -0.39 is 0 Å². The lowest BCUT2D eigenvalue weighted by Crippen LogP contribution is -2.42. The van der Waals surface area contributed by atoms with E-state index in [1.54, 1.807) is 0 Å². The summed E-state index contributed by atoms with van der Waals surface area (Å²) in [5, 5.41) is 6.95. The van der Waals surface area contributed by atoms with Crippen LogP contribution in [0.25, 0.3) is 0 Å². The topological polar surface area (TPSA) is 39.7 Å². The first kappa shape index (κ1) is 23.0. The van der Waals surface area contributed by atoms with Crippen molar-refractivity contribution in [3.05, 3.63) is 0 Å². The first-order chi connectivity index (χ1) is 10.8. The molecule has 0 aliphatic carbocycles. The fourth-order valence-electron chi connectivity index (χ4n) is 3.05. The van der Waals surface area contributed by atoms with Crippen LogP contribution in [0, 0.1) is 0 Å². The van der Waals surface area contributed by atoms with Crippen LogP contribution in [-0.2, 0) is 0 Å². The molecule has 2 N–H and O–H groups in total. The van der Waals surface area contributed by atoms with Gasteiger partial charge in [0.05, 0.1) is 0 Å². The molecule has 138 valence electrons. The molecule has 1 rings (SSSR count). The number of guanidine groups is 1. The monoisotopic (exact) mass is 438 g/mol. The van der Waals surface area contributed by atoms with E-state index >= 15 is 0 Å². The number of aliphatic imine (C=N–C) groups is 1. The van der Waals surface area contributed by atoms with E-state index in [0.717, 1.165) is 12.5 Å². The third kappa shape index (κ3) is 12.0. The van der Waals surface area contributed by atoms with Crippen LogP contribution in [-0.4, -0.2) is 50.1 Å². The molecule has 4 nitrogen and oxygen atoms in total. The third-order valence-corrected chi connectivity index (χ3v) is 4.49. The van der Waals surface area contributed by atoms with Crippen molar-refractivity contribution in [2.45, 2.75) is 77.7 Å². The number of hydrogen-bond acceptors (Lipinski definition) is 2. The Labute approximate surface area is 161 Å². The number of rotatable bonds is 11. The first-order valence-electron chi connectivity index (χ1n) is 9.45. The van der Waals surface area contributed by atoms with Gasteiger partial charge in [0.1, 0.15) is 0 Å². The van der Waals surface area contributed by atoms with Gasteiger partial charge in [0, 0.05) is 19.6 Å². The van der Waals surface area contributed by atoms with Crippen molar-refractivity contribution >= 4 is 29.9 Å². The molecule has 1 fully saturated rings. The predicted octanol–water partition coefficient (Wildman–Crippen LogP) is 4.00. The minimum Gasteiger partial charge on any atom is -0.356 e. The van der Waals surface area contributed by atoms with Gasteiger partial charge in [0.2, 0.25) is 0 Å². The van der Waals surface area contributed by atoms with Gasteiger partial charge in [0.25, 0.3) is 0 Å². The molecule has 1 aliphatic heterocycles. The maximum absolute atomic E-state index is 4.33. The molecule has 1 atom stereocenters. The molecular weight excluding hydrogens is 399 g/mol. The second kappa shape index (κ2) is 15.5. The average Bonchev–Trinajstić information content (AvgIpc) is 3.03. The lowest BCUT2D eigenvalue weighted by molar-refractivity contribution is 0.330. The van der Waals surface area contributed by atoms with Crippen molar-refractivity contribution in [2.75, 3.05) is 33.2 Å². The van der Waals surface area contributed by atoms with Crippen molar-refractivity contribution < 1.29 is 0 Å². The molecule has 0 bridgehead atoms. The van der Waals surface area contributed by atoms with Crippen LogP contribution in [0.15, 0.2) is 4.99 Å². The van der Waals surface area contributed by atoms with Gasteiger partial charge < -0.3 is 15.5 Å². The smallest absolute Gasteiger partial charge is 0.191 e. The lowest BCUT2D eigenvalue weighted by Gasteiger charge is -2.18. The number of likely N-dealkylation sites (tertiary alicyclic amines) is 1. The molecule has 1 saturated heterocycles. The second-order valence-corrected chi connectivity index (χ2v) is 6.65. The van der Waals surface area contributed by atoms with E-state index in [-0.39, 0.29) is 24.0 Å². The highest BCUT2D eigenvalue weighted by atomic mass is 127. The van der Waals surface area contributed by atoms with Crippen molar-refractivity contribution in [3.8, 4) is 0 Å². The van der Waals surface area contributed by atoms with Gasteiger partial charge in [-0.05, 0) is 58.7 Å². The van der Waals surface area contributed by atoms with Gasteiger partial charge >= 0.3 is 0 Å². The summed E-state index contributed by atoms with van der Waals surface area (Å²) in [5.41, 5.74) is 0. The molecule has 1 aliphatic rings. The number of unbranched alkanes of at least 4 members (excludes halogenated alkanes) is 4. The molecule has 0 radical (unpaired) electrons. The number of hydrogen-bond donors (Lipinski definition) is 2. The van der Waals surface area contributed by atoms with E-state index in [4.69, 9.17) is 0 Å². The van der Waals surface area contributed by atoms with Crippen LogP contribution in [0.1, 0.15) is 71.6 Å². The lowest BCUT2D eigenvalue weighted by atomic mass is 10.1. The Morgan fingerprint density at radius 1 is 1.09 bits per heavy atom. The largest absolute Gasteiger partial charge is 0.356 e. The molecule has 1 unspecified atom stereocenters. The predicted molar refractivity (Wildman–Crippen MR) is 113 cm³/mol. The standard InChI is InChI=1S/C18H38N4.HI/c1-4-5-6-7-12-17(2)21-18(19-3)20-13-8-9-14-22-15-10-11-16-22;/h17H,4-16H2,1-3H3,(H2,19,20,21);1H. The zero-order chi connectivity index (χ0) is 16.0. The van der Waals surface area contributed by atoms with Crippen LogP contribution >= 0.6 is 24.0 Å². The molecule has 0 aromatic rings. The Bertz CT molecular complexity index is 291. The SMILES string of the molecule is CCCCCCC(C)NC(=NC)NCCCCN1CCCC1.I. The van der Waals surface area contributed by atoms with Crippen LogP contribution in [0.5, 0.6) is 0 Å². The molecule has 23 heavy (non-hydrogen) atoms. The number of halogens is 1. The molecule has 0 spiro atoms. The molecular formula is C18H39IN4. The van der Waals surface area contributed by atoms with Crippen molar-refractivity contribution in [3.63, 3.8) is 0 Å². The van der Waals surface area contributed by atoms with Gasteiger partial charge in [-0.3, -0.25) is 4.99 Å². The summed E-state index contributed by atoms with van der Waals surface area (Å²) in [7, 11) is 1.86. The summed E-state index contributed by atoms with van der Waals surface area (Å²) in [5.74, 6) is 0.962. The summed E-state index contributed by atoms with van der Waals surface area (Å²) < 4.78 is 0. The van der Waals surface area contributed by atoms with Gasteiger partial charge in [-0.25, -0.2) is 0 Å². The first-order valence-corrected chi connectivity index (χ1v) is 9.45. The third-order valence-electron chi connectivity index (χ3n) is 4.49. The number of nitrogens with one attached hydrogen (secondary N) is 2. The van der Waals surface area contributed by atoms with Gasteiger partial charge in [-0.2, -0.15) is 0 Å². The van der Waals surface area contributed by atoms with E-state index in [9.17, 15) is 0 Å². The maximum Gasteiger partial charge on any atom is 0.191 e. The van der Waals surface area contributed by atoms with E-state index in [0.29, 0.717) is 6.04 Å². The van der Waals surface area contributed by atoms with Crippen molar-refractivity contribution in [2.24, 2.45) is 4.99 Å². The molecule has 0 aromatic carbocycles. The van der Waals surface area contributed by atoms with E-state index in [2.05, 4.69) is 34.4 Å². The summed E-state index contributed by atoms with van der Waals surface area (Å²) >= 11 is 0. The quantitative estimate of drug-likeness (QED) is 0.222. The fraction of sp³-hybridized carbons (Fsp3) is 0.944. The van der Waals surface area contributed by atoms with Gasteiger partial charge in [0.15, 0.2) is 5.96 Å². The van der Waals surface area contributed by atoms with E-state index in [1.165, 1.54) is 77.4 Å². The number of nitrogens with zero attached hydrogens (tertiary/aromatic N) is 2. The van der Waals surface area contributed by atoms with Crippen molar-refractivity contribution in [1.29, 1.82) is 0 Å². The van der Waals surface area contributed by atoms with Gasteiger partial charge in [-0.15, -0.1) is 24.0 Å². The normalized spacial score (nSPS) is 16.9. The van der Waals surface area contributed by atoms with Crippen LogP contribution in [0.4, 0.5) is 0 Å². The zero-order valence-electron chi connectivity index (χ0n) is 15.6. The minimum absolute atomic E-state index is 0. The minimum atomic E-state index is 0. The highest BCUT2D eigenvalue weighted by Gasteiger charge is 2.10. The Kier molecular flexibility index (Phi) is 15.5. The molecule has 0 amide bonds. The van der Waals surface area contributed by atoms with Crippen LogP contribution < -0.4 is 10.6 Å². The Morgan fingerprint density at radius 3 is 2.48 bits per heavy atom.